The van der Waals surface area contributed by atoms with Crippen molar-refractivity contribution in [2.45, 2.75) is 32.6 Å². The summed E-state index contributed by atoms with van der Waals surface area (Å²) in [6.45, 7) is 4.23. The van der Waals surface area contributed by atoms with Crippen molar-refractivity contribution in [2.75, 3.05) is 11.4 Å². The molecule has 0 fully saturated rings. The smallest absolute Gasteiger partial charge is 0.362 e. The lowest BCUT2D eigenvalue weighted by Crippen LogP contribution is -2.37. The molecular formula is C30H23F3N6O. The van der Waals surface area contributed by atoms with E-state index >= 15 is 0 Å². The van der Waals surface area contributed by atoms with Gasteiger partial charge in [0.1, 0.15) is 0 Å². The van der Waals surface area contributed by atoms with Crippen LogP contribution in [0.4, 0.5) is 18.9 Å². The minimum Gasteiger partial charge on any atom is -0.362 e. The predicted molar refractivity (Wildman–Crippen MR) is 145 cm³/mol. The molecule has 3 aromatic carbocycles. The summed E-state index contributed by atoms with van der Waals surface area (Å²) in [6, 6.07) is 21.9. The molecule has 6 rings (SSSR count). The molecule has 0 saturated heterocycles. The molecule has 200 valence electrons. The fourth-order valence-corrected chi connectivity index (χ4v) is 5.50. The van der Waals surface area contributed by atoms with Crippen LogP contribution in [-0.2, 0) is 12.7 Å². The average molecular weight is 541 g/mol. The molecule has 3 heterocycles. The highest BCUT2D eigenvalue weighted by Gasteiger charge is 2.41. The third-order valence-corrected chi connectivity index (χ3v) is 7.33. The van der Waals surface area contributed by atoms with Gasteiger partial charge in [0, 0.05) is 29.5 Å². The number of halogens is 3. The Kier molecular flexibility index (Phi) is 5.95. The van der Waals surface area contributed by atoms with Crippen molar-refractivity contribution in [1.29, 1.82) is 5.26 Å². The maximum Gasteiger partial charge on any atom is 0.451 e. The van der Waals surface area contributed by atoms with E-state index in [-0.39, 0.29) is 17.9 Å². The van der Waals surface area contributed by atoms with Crippen molar-refractivity contribution in [3.05, 3.63) is 106 Å². The first-order valence-corrected chi connectivity index (χ1v) is 12.7. The van der Waals surface area contributed by atoms with E-state index in [1.807, 2.05) is 72.6 Å². The van der Waals surface area contributed by atoms with E-state index in [1.54, 1.807) is 23.6 Å². The standard InChI is InChI=1S/C30H23F3N6O/c1-18-15-38(28(40)25-5-3-4-24(27(18)25)21-8-6-20(14-34)7-9-21)23-12-10-22(11-13-23)37-16-19(2)39-26(17-37)35-36-29(39)30(31,32)33/h3-13,15,19H,16-17H2,1-2H3. The molecule has 0 radical (unpaired) electrons. The van der Waals surface area contributed by atoms with E-state index in [2.05, 4.69) is 16.3 Å². The van der Waals surface area contributed by atoms with Crippen molar-refractivity contribution in [3.63, 3.8) is 0 Å². The maximum atomic E-state index is 13.6. The first kappa shape index (κ1) is 25.4. The van der Waals surface area contributed by atoms with Gasteiger partial charge >= 0.3 is 6.18 Å². The first-order chi connectivity index (χ1) is 19.2. The molecule has 10 heteroatoms. The lowest BCUT2D eigenvalue weighted by atomic mass is 9.96. The molecule has 1 aliphatic rings. The number of fused-ring (bicyclic) bond motifs is 2. The van der Waals surface area contributed by atoms with Crippen molar-refractivity contribution >= 4 is 16.5 Å². The second kappa shape index (κ2) is 9.38. The molecule has 0 N–H and O–H groups in total. The number of benzene rings is 3. The zero-order valence-electron chi connectivity index (χ0n) is 21.6. The van der Waals surface area contributed by atoms with Crippen LogP contribution in [0, 0.1) is 18.3 Å². The minimum atomic E-state index is -4.56. The van der Waals surface area contributed by atoms with Gasteiger partial charge in [-0.25, -0.2) is 0 Å². The van der Waals surface area contributed by atoms with Gasteiger partial charge in [0.15, 0.2) is 5.82 Å². The Hall–Kier alpha value is -4.91. The van der Waals surface area contributed by atoms with E-state index in [1.165, 1.54) is 0 Å². The van der Waals surface area contributed by atoms with Crippen LogP contribution >= 0.6 is 0 Å². The SMILES string of the molecule is Cc1cn(-c2ccc(N3Cc4nnc(C(F)(F)F)n4C(C)C3)cc2)c(=O)c2cccc(-c3ccc(C#N)cc3)c12. The molecule has 0 saturated carbocycles. The molecule has 0 aliphatic carbocycles. The maximum absolute atomic E-state index is 13.6. The van der Waals surface area contributed by atoms with Gasteiger partial charge in [0.2, 0.25) is 5.82 Å². The number of pyridine rings is 1. The van der Waals surface area contributed by atoms with E-state index in [0.29, 0.717) is 23.2 Å². The van der Waals surface area contributed by atoms with Crippen LogP contribution in [0.1, 0.15) is 35.7 Å². The number of anilines is 1. The van der Waals surface area contributed by atoms with Crippen molar-refractivity contribution in [1.82, 2.24) is 19.3 Å². The molecule has 1 atom stereocenters. The summed E-state index contributed by atoms with van der Waals surface area (Å²) < 4.78 is 42.8. The van der Waals surface area contributed by atoms with Crippen LogP contribution < -0.4 is 10.5 Å². The normalized spacial score (nSPS) is 15.2. The summed E-state index contributed by atoms with van der Waals surface area (Å²) in [5, 5.41) is 17.7. The fraction of sp³-hybridized carbons (Fsp3) is 0.200. The van der Waals surface area contributed by atoms with E-state index < -0.39 is 18.0 Å². The first-order valence-electron chi connectivity index (χ1n) is 12.7. The molecule has 1 aliphatic heterocycles. The van der Waals surface area contributed by atoms with Crippen LogP contribution in [0.3, 0.4) is 0 Å². The van der Waals surface area contributed by atoms with Crippen molar-refractivity contribution in [3.8, 4) is 22.9 Å². The van der Waals surface area contributed by atoms with Crippen LogP contribution in [0.2, 0.25) is 0 Å². The zero-order valence-corrected chi connectivity index (χ0v) is 21.6. The van der Waals surface area contributed by atoms with Crippen LogP contribution in [0.5, 0.6) is 0 Å². The number of aromatic nitrogens is 4. The van der Waals surface area contributed by atoms with E-state index in [9.17, 15) is 18.0 Å². The Balaban J connectivity index is 1.33. The summed E-state index contributed by atoms with van der Waals surface area (Å²) >= 11 is 0. The lowest BCUT2D eigenvalue weighted by molar-refractivity contribution is -0.148. The second-order valence-corrected chi connectivity index (χ2v) is 9.96. The third-order valence-electron chi connectivity index (χ3n) is 7.33. The highest BCUT2D eigenvalue weighted by atomic mass is 19.4. The molecule has 1 unspecified atom stereocenters. The quantitative estimate of drug-likeness (QED) is 0.279. The van der Waals surface area contributed by atoms with E-state index in [0.717, 1.165) is 32.3 Å². The van der Waals surface area contributed by atoms with Gasteiger partial charge in [0.25, 0.3) is 5.56 Å². The number of nitrogens with zero attached hydrogens (tertiary/aromatic N) is 6. The molecule has 0 spiro atoms. The molecule has 0 bridgehead atoms. The summed E-state index contributed by atoms with van der Waals surface area (Å²) in [7, 11) is 0. The Labute approximate surface area is 227 Å². The van der Waals surface area contributed by atoms with Gasteiger partial charge in [-0.15, -0.1) is 10.2 Å². The summed E-state index contributed by atoms with van der Waals surface area (Å²) in [6.07, 6.45) is -2.74. The summed E-state index contributed by atoms with van der Waals surface area (Å²) in [4.78, 5) is 15.6. The Morgan fingerprint density at radius 2 is 1.68 bits per heavy atom. The number of hydrogen-bond acceptors (Lipinski definition) is 5. The van der Waals surface area contributed by atoms with E-state index in [4.69, 9.17) is 5.26 Å². The van der Waals surface area contributed by atoms with Gasteiger partial charge < -0.3 is 9.47 Å². The largest absolute Gasteiger partial charge is 0.451 e. The lowest BCUT2D eigenvalue weighted by Gasteiger charge is -2.34. The number of hydrogen-bond donors (Lipinski definition) is 0. The van der Waals surface area contributed by atoms with Gasteiger partial charge in [-0.3, -0.25) is 9.36 Å². The van der Waals surface area contributed by atoms with Crippen molar-refractivity contribution < 1.29 is 13.2 Å². The molecule has 2 aromatic heterocycles. The Bertz CT molecular complexity index is 1850. The van der Waals surface area contributed by atoms with Crippen LogP contribution in [0.15, 0.2) is 77.7 Å². The molecular weight excluding hydrogens is 517 g/mol. The monoisotopic (exact) mass is 540 g/mol. The summed E-state index contributed by atoms with van der Waals surface area (Å²) in [5.41, 5.74) is 4.65. The predicted octanol–water partition coefficient (Wildman–Crippen LogP) is 6.03. The van der Waals surface area contributed by atoms with Crippen LogP contribution in [-0.4, -0.2) is 25.9 Å². The van der Waals surface area contributed by atoms with Gasteiger partial charge in [-0.1, -0.05) is 24.3 Å². The third kappa shape index (κ3) is 4.20. The van der Waals surface area contributed by atoms with Gasteiger partial charge in [-0.2, -0.15) is 18.4 Å². The molecule has 40 heavy (non-hydrogen) atoms. The Morgan fingerprint density at radius 1 is 0.975 bits per heavy atom. The topological polar surface area (TPSA) is 79.7 Å². The minimum absolute atomic E-state index is 0.164. The van der Waals surface area contributed by atoms with Gasteiger partial charge in [-0.05, 0) is 78.4 Å². The molecule has 5 aromatic rings. The van der Waals surface area contributed by atoms with Crippen molar-refractivity contribution in [2.24, 2.45) is 0 Å². The van der Waals surface area contributed by atoms with Crippen LogP contribution in [0.25, 0.3) is 27.6 Å². The fourth-order valence-electron chi connectivity index (χ4n) is 5.50. The highest BCUT2D eigenvalue weighted by molar-refractivity contribution is 5.98. The van der Waals surface area contributed by atoms with Gasteiger partial charge in [0.05, 0.1) is 24.2 Å². The average Bonchev–Trinajstić information content (AvgIpc) is 3.40. The Morgan fingerprint density at radius 3 is 2.35 bits per heavy atom. The zero-order chi connectivity index (χ0) is 28.2. The number of aryl methyl sites for hydroxylation is 1. The number of rotatable bonds is 3. The number of nitriles is 1. The highest BCUT2D eigenvalue weighted by Crippen LogP contribution is 2.34. The summed E-state index contributed by atoms with van der Waals surface area (Å²) in [5.74, 6) is -0.715. The molecule has 7 nitrogen and oxygen atoms in total. The number of alkyl halides is 3. The molecule has 0 amide bonds. The second-order valence-electron chi connectivity index (χ2n) is 9.96.